The van der Waals surface area contributed by atoms with E-state index in [0.29, 0.717) is 0 Å². The molecule has 0 N–H and O–H groups in total. The van der Waals surface area contributed by atoms with Gasteiger partial charge in [0.15, 0.2) is 0 Å². The van der Waals surface area contributed by atoms with Crippen molar-refractivity contribution in [2.24, 2.45) is 7.05 Å². The van der Waals surface area contributed by atoms with Gasteiger partial charge in [0.1, 0.15) is 0 Å². The fourth-order valence-corrected chi connectivity index (χ4v) is 0.267. The van der Waals surface area contributed by atoms with Crippen molar-refractivity contribution in [1.29, 1.82) is 0 Å². The zero-order valence-corrected chi connectivity index (χ0v) is 4.72. The summed E-state index contributed by atoms with van der Waals surface area (Å²) in [6, 6.07) is 0. The summed E-state index contributed by atoms with van der Waals surface area (Å²) in [5, 5.41) is 7.12. The van der Waals surface area contributed by atoms with E-state index < -0.39 is 0 Å². The second kappa shape index (κ2) is 2.58. The van der Waals surface area contributed by atoms with E-state index in [1.54, 1.807) is 17.1 Å². The highest BCUT2D eigenvalue weighted by Crippen LogP contribution is 1.66. The number of aromatic nitrogens is 3. The van der Waals surface area contributed by atoms with Crippen molar-refractivity contribution < 1.29 is 0 Å². The molecule has 0 amide bonds. The molecule has 4 heteroatoms. The molecular formula is C3H6ClN3. The predicted octanol–water partition coefficient (Wildman–Crippen LogP) is 0.237. The molecule has 1 aromatic rings. The average Bonchev–Trinajstić information content (AvgIpc) is 1.86. The van der Waals surface area contributed by atoms with Crippen LogP contribution in [-0.4, -0.2) is 15.0 Å². The highest BCUT2D eigenvalue weighted by Gasteiger charge is 1.70. The van der Waals surface area contributed by atoms with Gasteiger partial charge < -0.3 is 0 Å². The van der Waals surface area contributed by atoms with Gasteiger partial charge in [0.2, 0.25) is 0 Å². The van der Waals surface area contributed by atoms with E-state index in [4.69, 9.17) is 0 Å². The quantitative estimate of drug-likeness (QED) is 0.490. The number of halogens is 1. The van der Waals surface area contributed by atoms with Crippen LogP contribution in [0.25, 0.3) is 0 Å². The molecular weight excluding hydrogens is 114 g/mol. The summed E-state index contributed by atoms with van der Waals surface area (Å²) in [5.74, 6) is 0. The molecule has 0 unspecified atom stereocenters. The van der Waals surface area contributed by atoms with Gasteiger partial charge in [-0.15, -0.1) is 17.5 Å². The first-order chi connectivity index (χ1) is 2.89. The Labute approximate surface area is 47.7 Å². The topological polar surface area (TPSA) is 30.7 Å². The Morgan fingerprint density at radius 1 is 1.57 bits per heavy atom. The number of aryl methyl sites for hydroxylation is 1. The second-order valence-electron chi connectivity index (χ2n) is 1.08. The monoisotopic (exact) mass is 119 g/mol. The lowest BCUT2D eigenvalue weighted by Gasteiger charge is -1.74. The lowest BCUT2D eigenvalue weighted by Crippen LogP contribution is -1.85. The highest BCUT2D eigenvalue weighted by atomic mass is 35.5. The molecule has 0 saturated carbocycles. The van der Waals surface area contributed by atoms with Gasteiger partial charge >= 0.3 is 0 Å². The maximum absolute atomic E-state index is 3.58. The van der Waals surface area contributed by atoms with Crippen molar-refractivity contribution in [3.63, 3.8) is 0 Å². The van der Waals surface area contributed by atoms with Crippen molar-refractivity contribution >= 4 is 12.4 Å². The van der Waals surface area contributed by atoms with Crippen LogP contribution >= 0.6 is 12.4 Å². The van der Waals surface area contributed by atoms with E-state index >= 15 is 0 Å². The molecule has 7 heavy (non-hydrogen) atoms. The molecule has 1 heterocycles. The van der Waals surface area contributed by atoms with Gasteiger partial charge in [-0.1, -0.05) is 5.21 Å². The second-order valence-corrected chi connectivity index (χ2v) is 1.08. The third kappa shape index (κ3) is 1.55. The first-order valence-electron chi connectivity index (χ1n) is 1.70. The molecule has 1 rings (SSSR count). The van der Waals surface area contributed by atoms with E-state index in [1.807, 2.05) is 7.05 Å². The zero-order chi connectivity index (χ0) is 4.41. The van der Waals surface area contributed by atoms with Gasteiger partial charge in [-0.05, 0) is 0 Å². The van der Waals surface area contributed by atoms with Crippen LogP contribution in [0.4, 0.5) is 0 Å². The normalized spacial score (nSPS) is 7.57. The summed E-state index contributed by atoms with van der Waals surface area (Å²) in [6.07, 6.45) is 3.42. The molecule has 0 aliphatic heterocycles. The molecule has 0 aliphatic rings. The maximum atomic E-state index is 3.58. The Hall–Kier alpha value is -0.570. The van der Waals surface area contributed by atoms with Gasteiger partial charge in [-0.2, -0.15) is 0 Å². The standard InChI is InChI=1S/C3H5N3.ClH/c1-6-3-2-4-5-6;/h2-3H,1H3;1H. The number of hydrogen-bond donors (Lipinski definition) is 0. The Morgan fingerprint density at radius 2 is 2.29 bits per heavy atom. The van der Waals surface area contributed by atoms with Crippen LogP contribution in [0.1, 0.15) is 0 Å². The molecule has 0 saturated heterocycles. The van der Waals surface area contributed by atoms with Gasteiger partial charge in [0.05, 0.1) is 6.20 Å². The zero-order valence-electron chi connectivity index (χ0n) is 3.90. The van der Waals surface area contributed by atoms with Gasteiger partial charge in [0, 0.05) is 13.2 Å². The van der Waals surface area contributed by atoms with Gasteiger partial charge in [-0.3, -0.25) is 4.68 Å². The highest BCUT2D eigenvalue weighted by molar-refractivity contribution is 5.85. The Bertz CT molecular complexity index is 114. The minimum atomic E-state index is 0. The number of hydrogen-bond acceptors (Lipinski definition) is 2. The largest absolute Gasteiger partial charge is 0.256 e. The predicted molar refractivity (Wildman–Crippen MR) is 28.3 cm³/mol. The van der Waals surface area contributed by atoms with Crippen molar-refractivity contribution in [2.75, 3.05) is 0 Å². The van der Waals surface area contributed by atoms with Gasteiger partial charge in [0.25, 0.3) is 0 Å². The average molecular weight is 120 g/mol. The molecule has 0 radical (unpaired) electrons. The van der Waals surface area contributed by atoms with Crippen LogP contribution in [0.3, 0.4) is 0 Å². The molecule has 0 fully saturated rings. The molecule has 1 aromatic heterocycles. The SMILES string of the molecule is Cl.Cn1ccnn1. The minimum Gasteiger partial charge on any atom is -0.256 e. The van der Waals surface area contributed by atoms with E-state index in [9.17, 15) is 0 Å². The third-order valence-corrected chi connectivity index (χ3v) is 0.542. The van der Waals surface area contributed by atoms with Crippen LogP contribution in [-0.2, 0) is 7.05 Å². The summed E-state index contributed by atoms with van der Waals surface area (Å²) in [7, 11) is 1.83. The fourth-order valence-electron chi connectivity index (χ4n) is 0.267. The van der Waals surface area contributed by atoms with Crippen molar-refractivity contribution in [3.8, 4) is 0 Å². The van der Waals surface area contributed by atoms with Crippen LogP contribution in [0, 0.1) is 0 Å². The fraction of sp³-hybridized carbons (Fsp3) is 0.333. The van der Waals surface area contributed by atoms with E-state index in [2.05, 4.69) is 10.3 Å². The molecule has 0 atom stereocenters. The van der Waals surface area contributed by atoms with Crippen molar-refractivity contribution in [2.45, 2.75) is 0 Å². The summed E-state index contributed by atoms with van der Waals surface area (Å²) in [6.45, 7) is 0. The van der Waals surface area contributed by atoms with Crippen LogP contribution < -0.4 is 0 Å². The lowest BCUT2D eigenvalue weighted by molar-refractivity contribution is 0.715. The molecule has 0 aliphatic carbocycles. The van der Waals surface area contributed by atoms with Crippen LogP contribution in [0.5, 0.6) is 0 Å². The smallest absolute Gasteiger partial charge is 0.0692 e. The Balaban J connectivity index is 0.000000360. The number of nitrogens with zero attached hydrogens (tertiary/aromatic N) is 3. The Morgan fingerprint density at radius 3 is 2.43 bits per heavy atom. The first-order valence-corrected chi connectivity index (χ1v) is 1.70. The van der Waals surface area contributed by atoms with Gasteiger partial charge in [-0.25, -0.2) is 0 Å². The molecule has 3 nitrogen and oxygen atoms in total. The number of rotatable bonds is 0. The van der Waals surface area contributed by atoms with Crippen molar-refractivity contribution in [1.82, 2.24) is 15.0 Å². The third-order valence-electron chi connectivity index (χ3n) is 0.542. The summed E-state index contributed by atoms with van der Waals surface area (Å²) < 4.78 is 1.64. The van der Waals surface area contributed by atoms with E-state index in [-0.39, 0.29) is 12.4 Å². The Kier molecular flexibility index (Phi) is 2.37. The van der Waals surface area contributed by atoms with Crippen molar-refractivity contribution in [3.05, 3.63) is 12.4 Å². The van der Waals surface area contributed by atoms with Crippen LogP contribution in [0.15, 0.2) is 12.4 Å². The minimum absolute atomic E-state index is 0. The first kappa shape index (κ1) is 6.43. The lowest BCUT2D eigenvalue weighted by atomic mass is 10.9. The maximum Gasteiger partial charge on any atom is 0.0692 e. The summed E-state index contributed by atoms with van der Waals surface area (Å²) in [4.78, 5) is 0. The van der Waals surface area contributed by atoms with Crippen LogP contribution in [0.2, 0.25) is 0 Å². The summed E-state index contributed by atoms with van der Waals surface area (Å²) >= 11 is 0. The molecule has 0 bridgehead atoms. The molecule has 40 valence electrons. The molecule has 0 aromatic carbocycles. The molecule has 0 spiro atoms. The van der Waals surface area contributed by atoms with E-state index in [0.717, 1.165) is 0 Å². The summed E-state index contributed by atoms with van der Waals surface area (Å²) in [5.41, 5.74) is 0. The van der Waals surface area contributed by atoms with E-state index in [1.165, 1.54) is 0 Å².